The fourth-order valence-corrected chi connectivity index (χ4v) is 4.39. The van der Waals surface area contributed by atoms with Crippen LogP contribution in [0, 0.1) is 5.92 Å². The second kappa shape index (κ2) is 8.70. The normalized spacial score (nSPS) is 26.9. The Kier molecular flexibility index (Phi) is 6.07. The summed E-state index contributed by atoms with van der Waals surface area (Å²) in [6, 6.07) is 0.222. The SMILES string of the molecule is CCCCOC1CCC(NC(=O)c2c[nH]c3c2C(OC)NC=C3C2CC2)CC1. The molecule has 6 nitrogen and oxygen atoms in total. The lowest BCUT2D eigenvalue weighted by molar-refractivity contribution is 0.0209. The van der Waals surface area contributed by atoms with Gasteiger partial charge >= 0.3 is 0 Å². The minimum atomic E-state index is -0.285. The maximum atomic E-state index is 13.0. The molecule has 2 fully saturated rings. The van der Waals surface area contributed by atoms with Crippen LogP contribution < -0.4 is 10.6 Å². The van der Waals surface area contributed by atoms with Gasteiger partial charge in [0.15, 0.2) is 6.23 Å². The number of nitrogens with one attached hydrogen (secondary N) is 3. The lowest BCUT2D eigenvalue weighted by Crippen LogP contribution is -2.39. The van der Waals surface area contributed by atoms with Gasteiger partial charge in [0.25, 0.3) is 5.91 Å². The lowest BCUT2D eigenvalue weighted by Gasteiger charge is -2.29. The van der Waals surface area contributed by atoms with Crippen molar-refractivity contribution >= 4 is 11.5 Å². The van der Waals surface area contributed by atoms with Crippen molar-refractivity contribution in [2.75, 3.05) is 13.7 Å². The maximum Gasteiger partial charge on any atom is 0.253 e. The molecule has 0 spiro atoms. The van der Waals surface area contributed by atoms with Gasteiger partial charge < -0.3 is 25.1 Å². The fraction of sp³-hybridized carbons (Fsp3) is 0.682. The zero-order valence-electron chi connectivity index (χ0n) is 17.1. The van der Waals surface area contributed by atoms with Crippen LogP contribution >= 0.6 is 0 Å². The second-order valence-electron chi connectivity index (χ2n) is 8.32. The average Bonchev–Trinajstić information content (AvgIpc) is 3.46. The van der Waals surface area contributed by atoms with Gasteiger partial charge in [0.2, 0.25) is 0 Å². The molecule has 0 bridgehead atoms. The van der Waals surface area contributed by atoms with Crippen molar-refractivity contribution in [1.82, 2.24) is 15.6 Å². The van der Waals surface area contributed by atoms with Gasteiger partial charge in [-0.2, -0.15) is 0 Å². The van der Waals surface area contributed by atoms with Crippen molar-refractivity contribution in [3.05, 3.63) is 29.2 Å². The van der Waals surface area contributed by atoms with Crippen LogP contribution in [0.25, 0.3) is 5.57 Å². The molecular weight excluding hydrogens is 354 g/mol. The number of carbonyl (C=O) groups excluding carboxylic acids is 1. The maximum absolute atomic E-state index is 13.0. The van der Waals surface area contributed by atoms with Crippen molar-refractivity contribution in [1.29, 1.82) is 0 Å². The molecule has 0 radical (unpaired) electrons. The molecular formula is C22H33N3O3. The zero-order valence-corrected chi connectivity index (χ0v) is 17.1. The number of unbranched alkanes of at least 4 members (excludes halogenated alkanes) is 1. The Balaban J connectivity index is 1.38. The van der Waals surface area contributed by atoms with Crippen LogP contribution in [-0.4, -0.2) is 36.8 Å². The van der Waals surface area contributed by atoms with E-state index >= 15 is 0 Å². The third-order valence-corrected chi connectivity index (χ3v) is 6.22. The zero-order chi connectivity index (χ0) is 19.5. The monoisotopic (exact) mass is 387 g/mol. The van der Waals surface area contributed by atoms with Crippen LogP contribution in [-0.2, 0) is 9.47 Å². The van der Waals surface area contributed by atoms with Gasteiger partial charge in [-0.05, 0) is 56.4 Å². The summed E-state index contributed by atoms with van der Waals surface area (Å²) in [4.78, 5) is 16.4. The van der Waals surface area contributed by atoms with E-state index in [2.05, 4.69) is 22.5 Å². The van der Waals surface area contributed by atoms with Crippen LogP contribution in [0.3, 0.4) is 0 Å². The second-order valence-corrected chi connectivity index (χ2v) is 8.32. The minimum Gasteiger partial charge on any atom is -0.378 e. The lowest BCUT2D eigenvalue weighted by atomic mass is 9.92. The molecule has 1 aliphatic heterocycles. The Morgan fingerprint density at radius 1 is 1.21 bits per heavy atom. The van der Waals surface area contributed by atoms with Gasteiger partial charge in [-0.25, -0.2) is 0 Å². The topological polar surface area (TPSA) is 75.4 Å². The molecule has 3 N–H and O–H groups in total. The van der Waals surface area contributed by atoms with Crippen molar-refractivity contribution in [2.24, 2.45) is 5.92 Å². The Bertz CT molecular complexity index is 715. The number of aromatic amines is 1. The largest absolute Gasteiger partial charge is 0.378 e. The highest BCUT2D eigenvalue weighted by molar-refractivity contribution is 5.97. The number of methoxy groups -OCH3 is 1. The van der Waals surface area contributed by atoms with Gasteiger partial charge in [-0.3, -0.25) is 4.79 Å². The Labute approximate surface area is 167 Å². The van der Waals surface area contributed by atoms with Crippen molar-refractivity contribution < 1.29 is 14.3 Å². The molecule has 6 heteroatoms. The molecule has 2 heterocycles. The number of fused-ring (bicyclic) bond motifs is 1. The summed E-state index contributed by atoms with van der Waals surface area (Å²) < 4.78 is 11.5. The third kappa shape index (κ3) is 4.13. The molecule has 0 aromatic carbocycles. The van der Waals surface area contributed by atoms with E-state index in [0.717, 1.165) is 50.0 Å². The summed E-state index contributed by atoms with van der Waals surface area (Å²) >= 11 is 0. The van der Waals surface area contributed by atoms with Gasteiger partial charge in [0.1, 0.15) is 0 Å². The Morgan fingerprint density at radius 3 is 2.68 bits per heavy atom. The molecule has 1 unspecified atom stereocenters. The molecule has 3 aliphatic rings. The van der Waals surface area contributed by atoms with Gasteiger partial charge in [-0.15, -0.1) is 0 Å². The number of hydrogen-bond donors (Lipinski definition) is 3. The van der Waals surface area contributed by atoms with Crippen LogP contribution in [0.1, 0.15) is 86.1 Å². The molecule has 2 saturated carbocycles. The molecule has 1 aromatic rings. The fourth-order valence-electron chi connectivity index (χ4n) is 4.39. The first-order valence-corrected chi connectivity index (χ1v) is 10.8. The van der Waals surface area contributed by atoms with E-state index in [0.29, 0.717) is 17.6 Å². The number of allylic oxidation sites excluding steroid dienone is 1. The molecule has 1 atom stereocenters. The van der Waals surface area contributed by atoms with E-state index in [4.69, 9.17) is 9.47 Å². The summed E-state index contributed by atoms with van der Waals surface area (Å²) in [5.74, 6) is 0.593. The van der Waals surface area contributed by atoms with Crippen molar-refractivity contribution in [3.8, 4) is 0 Å². The summed E-state index contributed by atoms with van der Waals surface area (Å²) in [6.07, 6.45) is 12.7. The van der Waals surface area contributed by atoms with Gasteiger partial charge in [-0.1, -0.05) is 13.3 Å². The smallest absolute Gasteiger partial charge is 0.253 e. The quantitative estimate of drug-likeness (QED) is 0.592. The van der Waals surface area contributed by atoms with Crippen LogP contribution in [0.15, 0.2) is 12.4 Å². The first-order chi connectivity index (χ1) is 13.7. The number of H-pyrrole nitrogens is 1. The van der Waals surface area contributed by atoms with E-state index in [1.54, 1.807) is 7.11 Å². The van der Waals surface area contributed by atoms with Crippen LogP contribution in [0.5, 0.6) is 0 Å². The summed E-state index contributed by atoms with van der Waals surface area (Å²) in [5.41, 5.74) is 3.97. The van der Waals surface area contributed by atoms with Gasteiger partial charge in [0, 0.05) is 37.7 Å². The number of amides is 1. The number of ether oxygens (including phenoxy) is 2. The molecule has 154 valence electrons. The average molecular weight is 388 g/mol. The summed E-state index contributed by atoms with van der Waals surface area (Å²) in [7, 11) is 1.67. The Morgan fingerprint density at radius 2 is 2.00 bits per heavy atom. The highest BCUT2D eigenvalue weighted by Crippen LogP contribution is 2.45. The predicted octanol–water partition coefficient (Wildman–Crippen LogP) is 3.87. The number of aromatic nitrogens is 1. The number of hydrogen-bond acceptors (Lipinski definition) is 4. The van der Waals surface area contributed by atoms with Gasteiger partial charge in [0.05, 0.1) is 17.4 Å². The van der Waals surface area contributed by atoms with E-state index in [1.807, 2.05) is 12.4 Å². The molecule has 4 rings (SSSR count). The Hall–Kier alpha value is -1.79. The van der Waals surface area contributed by atoms with E-state index in [9.17, 15) is 4.79 Å². The minimum absolute atomic E-state index is 0.00579. The van der Waals surface area contributed by atoms with Crippen molar-refractivity contribution in [2.45, 2.75) is 76.7 Å². The van der Waals surface area contributed by atoms with Crippen molar-refractivity contribution in [3.63, 3.8) is 0 Å². The predicted molar refractivity (Wildman–Crippen MR) is 109 cm³/mol. The van der Waals surface area contributed by atoms with E-state index in [1.165, 1.54) is 24.8 Å². The molecule has 2 aliphatic carbocycles. The standard InChI is InChI=1S/C22H33N3O3/c1-3-4-11-28-16-9-7-15(8-10-16)25-21(26)18-13-23-20-17(14-5-6-14)12-24-22(27-2)19(18)20/h12-16,22-24H,3-11H2,1-2H3,(H,25,26). The molecule has 1 amide bonds. The van der Waals surface area contributed by atoms with Crippen LogP contribution in [0.4, 0.5) is 0 Å². The van der Waals surface area contributed by atoms with Crippen LogP contribution in [0.2, 0.25) is 0 Å². The molecule has 1 aromatic heterocycles. The summed E-state index contributed by atoms with van der Waals surface area (Å²) in [5, 5.41) is 6.56. The number of rotatable bonds is 8. The first kappa shape index (κ1) is 19.5. The molecule has 28 heavy (non-hydrogen) atoms. The summed E-state index contributed by atoms with van der Waals surface area (Å²) in [6.45, 7) is 3.04. The number of carbonyl (C=O) groups is 1. The molecule has 0 saturated heterocycles. The van der Waals surface area contributed by atoms with E-state index in [-0.39, 0.29) is 18.2 Å². The van der Waals surface area contributed by atoms with E-state index < -0.39 is 0 Å². The third-order valence-electron chi connectivity index (χ3n) is 6.22. The first-order valence-electron chi connectivity index (χ1n) is 10.8. The highest BCUT2D eigenvalue weighted by Gasteiger charge is 2.36. The highest BCUT2D eigenvalue weighted by atomic mass is 16.5.